The van der Waals surface area contributed by atoms with Crippen LogP contribution in [-0.4, -0.2) is 22.1 Å². The van der Waals surface area contributed by atoms with Crippen LogP contribution in [0, 0.1) is 6.92 Å². The summed E-state index contributed by atoms with van der Waals surface area (Å²) < 4.78 is 0. The fourth-order valence-corrected chi connectivity index (χ4v) is 3.57. The van der Waals surface area contributed by atoms with Crippen molar-refractivity contribution in [3.63, 3.8) is 0 Å². The molecule has 166 valence electrons. The van der Waals surface area contributed by atoms with Crippen molar-refractivity contribution < 1.29 is 4.79 Å². The highest BCUT2D eigenvalue weighted by Gasteiger charge is 2.11. The third-order valence-electron chi connectivity index (χ3n) is 5.50. The lowest BCUT2D eigenvalue weighted by Crippen LogP contribution is -2.32. The van der Waals surface area contributed by atoms with Crippen LogP contribution in [0.3, 0.4) is 0 Å². The Kier molecular flexibility index (Phi) is 7.10. The highest BCUT2D eigenvalue weighted by molar-refractivity contribution is 5.95. The number of amides is 1. The smallest absolute Gasteiger partial charge is 0.251 e. The molecule has 0 bridgehead atoms. The molecule has 0 aliphatic heterocycles. The zero-order chi connectivity index (χ0) is 23.0. The predicted molar refractivity (Wildman–Crippen MR) is 134 cm³/mol. The maximum atomic E-state index is 12.7. The van der Waals surface area contributed by atoms with Crippen LogP contribution in [0.2, 0.25) is 0 Å². The van der Waals surface area contributed by atoms with Gasteiger partial charge in [0.25, 0.3) is 5.91 Å². The van der Waals surface area contributed by atoms with Crippen LogP contribution in [0.4, 0.5) is 11.5 Å². The maximum absolute atomic E-state index is 12.7. The van der Waals surface area contributed by atoms with Crippen molar-refractivity contribution >= 4 is 17.4 Å². The number of carbonyl (C=O) groups excluding carboxylic acids is 1. The van der Waals surface area contributed by atoms with Gasteiger partial charge >= 0.3 is 0 Å². The molecule has 0 aliphatic carbocycles. The van der Waals surface area contributed by atoms with E-state index >= 15 is 0 Å². The normalized spacial score (nSPS) is 11.6. The number of carbonyl (C=O) groups is 1. The van der Waals surface area contributed by atoms with E-state index in [0.717, 1.165) is 29.8 Å². The molecule has 0 radical (unpaired) electrons. The molecule has 1 atom stereocenters. The Morgan fingerprint density at radius 2 is 1.67 bits per heavy atom. The molecule has 0 saturated carbocycles. The minimum absolute atomic E-state index is 0.0782. The molecule has 1 aromatic heterocycles. The number of benzene rings is 3. The lowest BCUT2D eigenvalue weighted by Gasteiger charge is -2.14. The number of rotatable bonds is 8. The topological polar surface area (TPSA) is 66.9 Å². The summed E-state index contributed by atoms with van der Waals surface area (Å²) in [5.74, 6) is 0.541. The number of aromatic nitrogens is 2. The minimum Gasteiger partial charge on any atom is -0.350 e. The van der Waals surface area contributed by atoms with E-state index in [1.807, 2.05) is 73.7 Å². The Labute approximate surface area is 194 Å². The Morgan fingerprint density at radius 1 is 0.879 bits per heavy atom. The van der Waals surface area contributed by atoms with Crippen molar-refractivity contribution in [1.82, 2.24) is 15.5 Å². The van der Waals surface area contributed by atoms with Gasteiger partial charge in [0.05, 0.1) is 5.69 Å². The number of aryl methyl sites for hydroxylation is 2. The van der Waals surface area contributed by atoms with E-state index < -0.39 is 0 Å². The van der Waals surface area contributed by atoms with Gasteiger partial charge in [0, 0.05) is 22.9 Å². The van der Waals surface area contributed by atoms with Crippen molar-refractivity contribution in [2.75, 3.05) is 5.32 Å². The molecule has 5 heteroatoms. The zero-order valence-electron chi connectivity index (χ0n) is 19.0. The molecular formula is C28H28N4O. The Hall–Kier alpha value is -3.99. The van der Waals surface area contributed by atoms with Gasteiger partial charge in [-0.2, -0.15) is 0 Å². The summed E-state index contributed by atoms with van der Waals surface area (Å²) >= 11 is 0. The van der Waals surface area contributed by atoms with Gasteiger partial charge in [-0.1, -0.05) is 66.2 Å². The molecule has 0 spiro atoms. The number of nitrogens with one attached hydrogen (secondary N) is 2. The average Bonchev–Trinajstić information content (AvgIpc) is 2.85. The maximum Gasteiger partial charge on any atom is 0.251 e. The Morgan fingerprint density at radius 3 is 2.39 bits per heavy atom. The van der Waals surface area contributed by atoms with E-state index in [1.54, 1.807) is 0 Å². The highest BCUT2D eigenvalue weighted by atomic mass is 16.1. The van der Waals surface area contributed by atoms with Crippen LogP contribution >= 0.6 is 0 Å². The van der Waals surface area contributed by atoms with Crippen LogP contribution in [0.5, 0.6) is 0 Å². The molecule has 0 fully saturated rings. The van der Waals surface area contributed by atoms with Crippen molar-refractivity contribution in [3.05, 3.63) is 108 Å². The number of hydrogen-bond donors (Lipinski definition) is 2. The van der Waals surface area contributed by atoms with Gasteiger partial charge in [-0.3, -0.25) is 4.79 Å². The number of hydrogen-bond acceptors (Lipinski definition) is 4. The first-order chi connectivity index (χ1) is 16.1. The van der Waals surface area contributed by atoms with Gasteiger partial charge in [0.2, 0.25) is 0 Å². The molecule has 4 aromatic rings. The molecule has 1 amide bonds. The molecule has 0 saturated heterocycles. The molecule has 3 aromatic carbocycles. The lowest BCUT2D eigenvalue weighted by atomic mass is 10.1. The zero-order valence-corrected chi connectivity index (χ0v) is 19.0. The second kappa shape index (κ2) is 10.6. The van der Waals surface area contributed by atoms with Crippen LogP contribution < -0.4 is 10.6 Å². The van der Waals surface area contributed by atoms with E-state index in [1.165, 1.54) is 11.1 Å². The van der Waals surface area contributed by atoms with Crippen molar-refractivity contribution in [1.29, 1.82) is 0 Å². The minimum atomic E-state index is -0.0833. The van der Waals surface area contributed by atoms with Crippen LogP contribution in [0.25, 0.3) is 11.3 Å². The summed E-state index contributed by atoms with van der Waals surface area (Å²) in [4.78, 5) is 12.7. The van der Waals surface area contributed by atoms with E-state index in [2.05, 4.69) is 52.0 Å². The summed E-state index contributed by atoms with van der Waals surface area (Å²) in [6.45, 7) is 4.09. The van der Waals surface area contributed by atoms with Crippen molar-refractivity contribution in [2.24, 2.45) is 0 Å². The van der Waals surface area contributed by atoms with Gasteiger partial charge in [-0.05, 0) is 62.6 Å². The predicted octanol–water partition coefficient (Wildman–Crippen LogP) is 5.95. The first kappa shape index (κ1) is 22.2. The van der Waals surface area contributed by atoms with E-state index in [4.69, 9.17) is 0 Å². The van der Waals surface area contributed by atoms with Crippen LogP contribution in [0.1, 0.15) is 34.8 Å². The van der Waals surface area contributed by atoms with Crippen LogP contribution in [0.15, 0.2) is 91.0 Å². The molecular weight excluding hydrogens is 408 g/mol. The molecule has 4 rings (SSSR count). The SMILES string of the molecule is Cc1ccc(-c2ccc(Nc3cccc(C(=O)NC(C)CCc4ccccc4)c3)nn2)cc1. The van der Waals surface area contributed by atoms with E-state index in [9.17, 15) is 4.79 Å². The quantitative estimate of drug-likeness (QED) is 0.358. The number of nitrogens with zero attached hydrogens (tertiary/aromatic N) is 2. The fourth-order valence-electron chi connectivity index (χ4n) is 3.57. The van der Waals surface area contributed by atoms with Gasteiger partial charge < -0.3 is 10.6 Å². The molecule has 5 nitrogen and oxygen atoms in total. The van der Waals surface area contributed by atoms with Gasteiger partial charge in [0.15, 0.2) is 5.82 Å². The van der Waals surface area contributed by atoms with Gasteiger partial charge in [-0.25, -0.2) is 0 Å². The van der Waals surface area contributed by atoms with Crippen molar-refractivity contribution in [3.8, 4) is 11.3 Å². The average molecular weight is 437 g/mol. The monoisotopic (exact) mass is 436 g/mol. The second-order valence-corrected chi connectivity index (χ2v) is 8.27. The summed E-state index contributed by atoms with van der Waals surface area (Å²) in [6, 6.07) is 29.8. The lowest BCUT2D eigenvalue weighted by molar-refractivity contribution is 0.0938. The Balaban J connectivity index is 1.35. The summed E-state index contributed by atoms with van der Waals surface area (Å²) in [6.07, 6.45) is 1.82. The molecule has 0 aliphatic rings. The van der Waals surface area contributed by atoms with Gasteiger partial charge in [0.1, 0.15) is 0 Å². The highest BCUT2D eigenvalue weighted by Crippen LogP contribution is 2.20. The third kappa shape index (κ3) is 6.26. The molecule has 1 heterocycles. The largest absolute Gasteiger partial charge is 0.350 e. The van der Waals surface area contributed by atoms with Crippen molar-refractivity contribution in [2.45, 2.75) is 32.7 Å². The van der Waals surface area contributed by atoms with Crippen LogP contribution in [-0.2, 0) is 6.42 Å². The standard InChI is InChI=1S/C28H28N4O/c1-20-11-15-23(16-12-20)26-17-18-27(32-31-26)30-25-10-6-9-24(19-25)28(33)29-21(2)13-14-22-7-4-3-5-8-22/h3-12,15-19,21H,13-14H2,1-2H3,(H,29,33)(H,30,32). The first-order valence-electron chi connectivity index (χ1n) is 11.2. The summed E-state index contributed by atoms with van der Waals surface area (Å²) in [5, 5.41) is 14.9. The van der Waals surface area contributed by atoms with E-state index in [-0.39, 0.29) is 11.9 Å². The summed E-state index contributed by atoms with van der Waals surface area (Å²) in [5.41, 5.74) is 5.73. The Bertz CT molecular complexity index is 1190. The third-order valence-corrected chi connectivity index (χ3v) is 5.50. The second-order valence-electron chi connectivity index (χ2n) is 8.27. The summed E-state index contributed by atoms with van der Waals surface area (Å²) in [7, 11) is 0. The van der Waals surface area contributed by atoms with Gasteiger partial charge in [-0.15, -0.1) is 10.2 Å². The fraction of sp³-hybridized carbons (Fsp3) is 0.179. The van der Waals surface area contributed by atoms with E-state index in [0.29, 0.717) is 11.4 Å². The molecule has 33 heavy (non-hydrogen) atoms. The molecule has 2 N–H and O–H groups in total. The number of anilines is 2. The molecule has 1 unspecified atom stereocenters. The first-order valence-corrected chi connectivity index (χ1v) is 11.2.